The zero-order chi connectivity index (χ0) is 43.7. The van der Waals surface area contributed by atoms with Crippen molar-refractivity contribution in [2.45, 2.75) is 81.1 Å². The van der Waals surface area contributed by atoms with Gasteiger partial charge >= 0.3 is 0 Å². The third-order valence-electron chi connectivity index (χ3n) is 12.7. The monoisotopic (exact) mass is 825 g/mol. The quantitative estimate of drug-likeness (QED) is 0.152. The molecule has 1 nitrogen and oxygen atoms in total. The van der Waals surface area contributed by atoms with E-state index in [0.717, 1.165) is 6.42 Å². The van der Waals surface area contributed by atoms with Crippen LogP contribution in [0.15, 0.2) is 175 Å². The van der Waals surface area contributed by atoms with E-state index in [1.54, 1.807) is 0 Å². The first-order valence-electron chi connectivity index (χ1n) is 22.7. The number of aromatic nitrogens is 1. The zero-order valence-corrected chi connectivity index (χ0v) is 39.0. The van der Waals surface area contributed by atoms with Gasteiger partial charge in [0.2, 0.25) is 0 Å². The van der Waals surface area contributed by atoms with Gasteiger partial charge < -0.3 is 4.57 Å². The first kappa shape index (κ1) is 42.5. The molecule has 0 spiro atoms. The van der Waals surface area contributed by atoms with Gasteiger partial charge in [0, 0.05) is 48.0 Å². The molecule has 7 aromatic carbocycles. The van der Waals surface area contributed by atoms with Crippen LogP contribution in [-0.2, 0) is 5.41 Å². The average molecular weight is 826 g/mol. The molecule has 11 rings (SSSR count). The first-order valence-corrected chi connectivity index (χ1v) is 23.5. The van der Waals surface area contributed by atoms with Crippen molar-refractivity contribution in [2.24, 2.45) is 0 Å². The zero-order valence-electron chi connectivity index (χ0n) is 38.2. The third-order valence-corrected chi connectivity index (χ3v) is 13.9. The molecule has 2 heteroatoms. The number of hydrogen-bond donors (Lipinski definition) is 0. The number of thiophene rings is 1. The van der Waals surface area contributed by atoms with E-state index in [-0.39, 0.29) is 5.41 Å². The predicted octanol–water partition coefficient (Wildman–Crippen LogP) is 18.7. The normalized spacial score (nSPS) is 13.3. The molecule has 0 atom stereocenters. The maximum absolute atomic E-state index is 2.46. The highest BCUT2D eigenvalue weighted by Gasteiger charge is 2.35. The van der Waals surface area contributed by atoms with E-state index in [1.165, 1.54) is 114 Å². The van der Waals surface area contributed by atoms with Crippen LogP contribution in [0.5, 0.6) is 0 Å². The van der Waals surface area contributed by atoms with Gasteiger partial charge in [-0.05, 0) is 131 Å². The first-order chi connectivity index (χ1) is 30.3. The molecule has 9 aromatic rings. The van der Waals surface area contributed by atoms with Crippen molar-refractivity contribution >= 4 is 54.0 Å². The van der Waals surface area contributed by atoms with Crippen LogP contribution in [0.3, 0.4) is 0 Å². The van der Waals surface area contributed by atoms with Crippen LogP contribution in [0.2, 0.25) is 0 Å². The van der Waals surface area contributed by atoms with Crippen LogP contribution in [0.4, 0.5) is 0 Å². The minimum Gasteiger partial charge on any atom is -0.309 e. The summed E-state index contributed by atoms with van der Waals surface area (Å²) in [7, 11) is 0. The average Bonchev–Trinajstić information content (AvgIpc) is 4.03. The van der Waals surface area contributed by atoms with Gasteiger partial charge in [-0.3, -0.25) is 0 Å². The maximum Gasteiger partial charge on any atom is 0.0541 e. The van der Waals surface area contributed by atoms with Crippen molar-refractivity contribution in [3.05, 3.63) is 186 Å². The number of hydrogen-bond acceptors (Lipinski definition) is 1. The van der Waals surface area contributed by atoms with Crippen LogP contribution < -0.4 is 0 Å². The summed E-state index contributed by atoms with van der Waals surface area (Å²) in [4.78, 5) is 1.41. The third kappa shape index (κ3) is 6.95. The molecular weight excluding hydrogens is 767 g/mol. The molecule has 0 unspecified atom stereocenters. The van der Waals surface area contributed by atoms with Gasteiger partial charge in [-0.15, -0.1) is 11.3 Å². The Hall–Kier alpha value is -6.22. The molecule has 0 bridgehead atoms. The second-order valence-electron chi connectivity index (χ2n) is 16.2. The molecule has 0 amide bonds. The minimum absolute atomic E-state index is 0.0404. The van der Waals surface area contributed by atoms with Crippen LogP contribution >= 0.6 is 11.3 Å². The smallest absolute Gasteiger partial charge is 0.0541 e. The van der Waals surface area contributed by atoms with Gasteiger partial charge in [-0.2, -0.15) is 0 Å². The van der Waals surface area contributed by atoms with E-state index in [9.17, 15) is 0 Å². The molecule has 0 saturated carbocycles. The molecule has 2 aliphatic rings. The number of para-hydroxylation sites is 1. The highest BCUT2D eigenvalue weighted by Crippen LogP contribution is 2.55. The Labute approximate surface area is 373 Å². The van der Waals surface area contributed by atoms with E-state index in [2.05, 4.69) is 210 Å². The van der Waals surface area contributed by atoms with E-state index in [1.807, 2.05) is 39.0 Å². The number of benzene rings is 7. The second kappa shape index (κ2) is 17.6. The summed E-state index contributed by atoms with van der Waals surface area (Å²) in [5.41, 5.74) is 18.5. The SMILES string of the molecule is CC.CC.CC1(C)c2ccccc2-c2ccc(-n3c4ccccc4c4cc(-c5ccc6sc7c(c6c5)-c5cccc6cccc-7c56)ccc43)cc21.C\C=C(C)/C(/C=C\CC)=C\C. The summed E-state index contributed by atoms with van der Waals surface area (Å²) in [6.45, 7) is 21.1. The van der Waals surface area contributed by atoms with E-state index >= 15 is 0 Å². The van der Waals surface area contributed by atoms with Gasteiger partial charge in [-0.25, -0.2) is 0 Å². The van der Waals surface area contributed by atoms with Gasteiger partial charge in [0.15, 0.2) is 0 Å². The lowest BCUT2D eigenvalue weighted by molar-refractivity contribution is 0.660. The van der Waals surface area contributed by atoms with Crippen LogP contribution in [0, 0.1) is 0 Å². The predicted molar refractivity (Wildman–Crippen MR) is 276 cm³/mol. The van der Waals surface area contributed by atoms with Gasteiger partial charge in [0.1, 0.15) is 0 Å². The number of nitrogens with zero attached hydrogens (tertiary/aromatic N) is 1. The second-order valence-corrected chi connectivity index (χ2v) is 17.3. The molecule has 2 aliphatic carbocycles. The highest BCUT2D eigenvalue weighted by molar-refractivity contribution is 7.23. The minimum atomic E-state index is -0.0404. The summed E-state index contributed by atoms with van der Waals surface area (Å²) in [5, 5.41) is 6.65. The van der Waals surface area contributed by atoms with Gasteiger partial charge in [0.05, 0.1) is 11.0 Å². The lowest BCUT2D eigenvalue weighted by Crippen LogP contribution is -2.15. The van der Waals surface area contributed by atoms with Crippen LogP contribution in [0.25, 0.3) is 92.2 Å². The van der Waals surface area contributed by atoms with E-state index in [0.29, 0.717) is 0 Å². The van der Waals surface area contributed by atoms with Crippen molar-refractivity contribution in [1.82, 2.24) is 4.57 Å². The highest BCUT2D eigenvalue weighted by atomic mass is 32.1. The van der Waals surface area contributed by atoms with Crippen molar-refractivity contribution in [3.8, 4) is 49.5 Å². The molecule has 0 saturated heterocycles. The summed E-state index contributed by atoms with van der Waals surface area (Å²) < 4.78 is 3.81. The summed E-state index contributed by atoms with van der Waals surface area (Å²) in [6.07, 6.45) is 9.74. The van der Waals surface area contributed by atoms with Crippen LogP contribution in [0.1, 0.15) is 86.8 Å². The molecule has 310 valence electrons. The Kier molecular flexibility index (Phi) is 12.1. The van der Waals surface area contributed by atoms with E-state index < -0.39 is 0 Å². The van der Waals surface area contributed by atoms with Crippen molar-refractivity contribution < 1.29 is 0 Å². The molecule has 0 aliphatic heterocycles. The maximum atomic E-state index is 2.46. The fourth-order valence-electron chi connectivity index (χ4n) is 9.60. The van der Waals surface area contributed by atoms with Crippen molar-refractivity contribution in [1.29, 1.82) is 0 Å². The van der Waals surface area contributed by atoms with E-state index in [4.69, 9.17) is 0 Å². The topological polar surface area (TPSA) is 4.93 Å². The lowest BCUT2D eigenvalue weighted by atomic mass is 9.82. The fraction of sp³-hybridized carbons (Fsp3) is 0.200. The molecule has 2 heterocycles. The molecule has 0 N–H and O–H groups in total. The Morgan fingerprint density at radius 1 is 0.597 bits per heavy atom. The fourth-order valence-corrected chi connectivity index (χ4v) is 10.8. The Morgan fingerprint density at radius 2 is 1.24 bits per heavy atom. The Balaban J connectivity index is 0.000000309. The molecule has 62 heavy (non-hydrogen) atoms. The molecule has 2 aromatic heterocycles. The van der Waals surface area contributed by atoms with Crippen molar-refractivity contribution in [2.75, 3.05) is 0 Å². The number of allylic oxidation sites excluding steroid dienone is 6. The standard InChI is InChI=1S/C45H29NS.C11H18.2C2H6/c1-45(2)37-15-5-3-11-30(37)31-20-19-29(25-38(31)45)46-39-16-6-4-12-32(39)35-23-27(17-21-40(35)46)28-18-22-41-36(24-28)43-33-13-7-9-26-10-8-14-34(42(26)33)44(43)47-41;1-5-8-9-11(7-3)10(4)6-2;2*1-2/h3-25H,1-2H3;6-9H,5H2,1-4H3;2*1-2H3/b;9-8-,10-6-,11-7-;;. The molecular formula is C60H59NS. The summed E-state index contributed by atoms with van der Waals surface area (Å²) in [6, 6.07) is 52.4. The number of rotatable bonds is 5. The van der Waals surface area contributed by atoms with Crippen molar-refractivity contribution in [3.63, 3.8) is 0 Å². The Morgan fingerprint density at radius 3 is 1.98 bits per heavy atom. The number of fused-ring (bicyclic) bond motifs is 11. The van der Waals surface area contributed by atoms with Gasteiger partial charge in [0.25, 0.3) is 0 Å². The molecule has 0 fully saturated rings. The summed E-state index contributed by atoms with van der Waals surface area (Å²) in [5.74, 6) is 0. The van der Waals surface area contributed by atoms with Gasteiger partial charge in [-0.1, -0.05) is 170 Å². The Bertz CT molecular complexity index is 3200. The lowest BCUT2D eigenvalue weighted by Gasteiger charge is -2.22. The van der Waals surface area contributed by atoms with Crippen LogP contribution in [-0.4, -0.2) is 4.57 Å². The summed E-state index contributed by atoms with van der Waals surface area (Å²) >= 11 is 1.93. The largest absolute Gasteiger partial charge is 0.309 e. The molecule has 0 radical (unpaired) electrons.